The minimum atomic E-state index is -1.24. The van der Waals surface area contributed by atoms with Crippen LogP contribution in [0.5, 0.6) is 0 Å². The molecule has 0 radical (unpaired) electrons. The van der Waals surface area contributed by atoms with E-state index in [1.807, 2.05) is 12.1 Å². The molecule has 0 atom stereocenters. The second-order valence-electron chi connectivity index (χ2n) is 7.48. The topological polar surface area (TPSA) is 98.7 Å². The number of nitriles is 1. The molecular weight excluding hydrogens is 404 g/mol. The van der Waals surface area contributed by atoms with Crippen LogP contribution in [0, 0.1) is 11.3 Å². The Labute approximate surface area is 177 Å². The number of carboxylic acids is 1. The van der Waals surface area contributed by atoms with Crippen LogP contribution in [-0.4, -0.2) is 38.4 Å². The average Bonchev–Trinajstić information content (AvgIpc) is 2.77. The molecule has 1 N–H and O–H groups in total. The van der Waals surface area contributed by atoms with E-state index >= 15 is 0 Å². The van der Waals surface area contributed by atoms with Crippen molar-refractivity contribution >= 4 is 23.1 Å². The maximum Gasteiger partial charge on any atom is 0.341 e. The summed E-state index contributed by atoms with van der Waals surface area (Å²) in [7, 11) is 0. The van der Waals surface area contributed by atoms with Crippen LogP contribution in [0.4, 0.5) is 0 Å². The normalized spacial score (nSPS) is 16.3. The van der Waals surface area contributed by atoms with Crippen LogP contribution in [0.3, 0.4) is 0 Å². The third-order valence-electron chi connectivity index (χ3n) is 5.72. The number of carboxylic acid groups (broad SMARTS) is 1. The number of hydrogen-bond donors (Lipinski definition) is 1. The molecule has 152 valence electrons. The molecule has 0 bridgehead atoms. The smallest absolute Gasteiger partial charge is 0.341 e. The summed E-state index contributed by atoms with van der Waals surface area (Å²) >= 11 is 5.93. The summed E-state index contributed by atoms with van der Waals surface area (Å²) in [6.07, 6.45) is 4.35. The molecule has 4 rings (SSSR count). The third kappa shape index (κ3) is 3.56. The van der Waals surface area contributed by atoms with Crippen LogP contribution in [0.15, 0.2) is 53.6 Å². The molecule has 0 aromatic carbocycles. The maximum atomic E-state index is 12.4. The third-order valence-corrected chi connectivity index (χ3v) is 5.95. The molecule has 1 fully saturated rings. The monoisotopic (exact) mass is 422 g/mol. The van der Waals surface area contributed by atoms with Crippen LogP contribution in [0.2, 0.25) is 5.02 Å². The van der Waals surface area contributed by atoms with Crippen LogP contribution in [0.1, 0.15) is 34.5 Å². The van der Waals surface area contributed by atoms with Gasteiger partial charge in [-0.2, -0.15) is 5.26 Å². The highest BCUT2D eigenvalue weighted by molar-refractivity contribution is 6.30. The zero-order chi connectivity index (χ0) is 21.3. The lowest BCUT2D eigenvalue weighted by Gasteiger charge is -2.37. The molecule has 0 amide bonds. The van der Waals surface area contributed by atoms with Gasteiger partial charge in [-0.15, -0.1) is 0 Å². The summed E-state index contributed by atoms with van der Waals surface area (Å²) in [5.41, 5.74) is 0.716. The van der Waals surface area contributed by atoms with Gasteiger partial charge < -0.3 is 5.11 Å². The Balaban J connectivity index is 1.60. The van der Waals surface area contributed by atoms with E-state index < -0.39 is 16.9 Å². The zero-order valence-corrected chi connectivity index (χ0v) is 16.8. The van der Waals surface area contributed by atoms with Crippen molar-refractivity contribution in [1.29, 1.82) is 5.26 Å². The number of rotatable bonds is 4. The highest BCUT2D eigenvalue weighted by Gasteiger charge is 2.37. The summed E-state index contributed by atoms with van der Waals surface area (Å²) in [6.45, 7) is 1.79. The van der Waals surface area contributed by atoms with Crippen molar-refractivity contribution in [2.75, 3.05) is 13.1 Å². The Kier molecular flexibility index (Phi) is 5.29. The number of aromatic carboxylic acids is 1. The predicted octanol–water partition coefficient (Wildman–Crippen LogP) is 3.10. The van der Waals surface area contributed by atoms with Gasteiger partial charge in [0.1, 0.15) is 11.0 Å². The Morgan fingerprint density at radius 2 is 2.03 bits per heavy atom. The van der Waals surface area contributed by atoms with Gasteiger partial charge in [-0.3, -0.25) is 19.1 Å². The molecule has 1 aliphatic rings. The van der Waals surface area contributed by atoms with E-state index in [0.29, 0.717) is 43.0 Å². The molecule has 0 unspecified atom stereocenters. The van der Waals surface area contributed by atoms with Gasteiger partial charge in [-0.05, 0) is 48.7 Å². The van der Waals surface area contributed by atoms with Gasteiger partial charge in [0.05, 0.1) is 22.3 Å². The largest absolute Gasteiger partial charge is 0.477 e. The predicted molar refractivity (Wildman–Crippen MR) is 112 cm³/mol. The SMILES string of the molecule is N#CC1(c2ccc(Cl)cn2)CCN(Cc2cc(C(=O)O)c(=O)n3ccccc23)CC1. The van der Waals surface area contributed by atoms with E-state index in [4.69, 9.17) is 11.6 Å². The lowest BCUT2D eigenvalue weighted by atomic mass is 9.76. The molecule has 7 nitrogen and oxygen atoms in total. The first kappa shape index (κ1) is 20.1. The second-order valence-corrected chi connectivity index (χ2v) is 7.92. The van der Waals surface area contributed by atoms with Gasteiger partial charge in [0.15, 0.2) is 0 Å². The van der Waals surface area contributed by atoms with Crippen LogP contribution in [-0.2, 0) is 12.0 Å². The number of hydrogen-bond acceptors (Lipinski definition) is 5. The Morgan fingerprint density at radius 1 is 1.27 bits per heavy atom. The van der Waals surface area contributed by atoms with Crippen molar-refractivity contribution in [2.24, 2.45) is 0 Å². The summed E-state index contributed by atoms with van der Waals surface area (Å²) in [5, 5.41) is 19.8. The maximum absolute atomic E-state index is 12.4. The summed E-state index contributed by atoms with van der Waals surface area (Å²) in [6, 6.07) is 12.8. The summed E-state index contributed by atoms with van der Waals surface area (Å²) in [4.78, 5) is 30.5. The number of halogens is 1. The van der Waals surface area contributed by atoms with Crippen molar-refractivity contribution in [3.63, 3.8) is 0 Å². The van der Waals surface area contributed by atoms with Crippen molar-refractivity contribution < 1.29 is 9.90 Å². The van der Waals surface area contributed by atoms with E-state index in [2.05, 4.69) is 16.0 Å². The van der Waals surface area contributed by atoms with E-state index in [1.165, 1.54) is 10.5 Å². The zero-order valence-electron chi connectivity index (χ0n) is 16.1. The van der Waals surface area contributed by atoms with Gasteiger partial charge in [0.2, 0.25) is 0 Å². The first-order chi connectivity index (χ1) is 14.4. The summed E-state index contributed by atoms with van der Waals surface area (Å²) in [5.74, 6) is -1.24. The van der Waals surface area contributed by atoms with Crippen molar-refractivity contribution in [3.8, 4) is 6.07 Å². The highest BCUT2D eigenvalue weighted by Crippen LogP contribution is 2.34. The van der Waals surface area contributed by atoms with Crippen LogP contribution in [0.25, 0.3) is 5.52 Å². The Bertz CT molecular complexity index is 1210. The van der Waals surface area contributed by atoms with Gasteiger partial charge in [-0.1, -0.05) is 17.7 Å². The first-order valence-electron chi connectivity index (χ1n) is 9.56. The second kappa shape index (κ2) is 7.90. The number of aromatic nitrogens is 2. The number of carbonyl (C=O) groups is 1. The first-order valence-corrected chi connectivity index (χ1v) is 9.93. The van der Waals surface area contributed by atoms with Crippen molar-refractivity contribution in [3.05, 3.63) is 81.0 Å². The van der Waals surface area contributed by atoms with E-state index in [1.54, 1.807) is 30.6 Å². The molecule has 1 aliphatic heterocycles. The molecule has 0 aliphatic carbocycles. The number of fused-ring (bicyclic) bond motifs is 1. The molecule has 8 heteroatoms. The fourth-order valence-electron chi connectivity index (χ4n) is 4.02. The molecule has 0 spiro atoms. The van der Waals surface area contributed by atoms with E-state index in [-0.39, 0.29) is 5.56 Å². The minimum absolute atomic E-state index is 0.248. The van der Waals surface area contributed by atoms with Crippen LogP contribution < -0.4 is 5.56 Å². The molecular formula is C22H19ClN4O3. The number of piperidine rings is 1. The average molecular weight is 423 g/mol. The van der Waals surface area contributed by atoms with Gasteiger partial charge in [-0.25, -0.2) is 4.79 Å². The molecule has 0 saturated carbocycles. The Hall–Kier alpha value is -3.21. The molecule has 3 aromatic rings. The van der Waals surface area contributed by atoms with E-state index in [0.717, 1.165) is 11.3 Å². The quantitative estimate of drug-likeness (QED) is 0.693. The number of pyridine rings is 3. The van der Waals surface area contributed by atoms with Gasteiger partial charge in [0.25, 0.3) is 5.56 Å². The van der Waals surface area contributed by atoms with Crippen molar-refractivity contribution in [2.45, 2.75) is 24.8 Å². The highest BCUT2D eigenvalue weighted by atomic mass is 35.5. The fourth-order valence-corrected chi connectivity index (χ4v) is 4.13. The lowest BCUT2D eigenvalue weighted by Crippen LogP contribution is -2.42. The minimum Gasteiger partial charge on any atom is -0.477 e. The molecule has 30 heavy (non-hydrogen) atoms. The lowest BCUT2D eigenvalue weighted by molar-refractivity contribution is 0.0694. The van der Waals surface area contributed by atoms with E-state index in [9.17, 15) is 20.0 Å². The van der Waals surface area contributed by atoms with Gasteiger partial charge >= 0.3 is 5.97 Å². The number of likely N-dealkylation sites (tertiary alicyclic amines) is 1. The molecule has 4 heterocycles. The standard InChI is InChI=1S/C22H19ClN4O3/c23-16-4-5-19(25-12-16)22(14-24)6-9-26(10-7-22)13-15-11-17(21(29)30)20(28)27-8-2-1-3-18(15)27/h1-5,8,11-12H,6-7,9-10,13H2,(H,29,30). The van der Waals surface area contributed by atoms with Gasteiger partial charge in [0, 0.05) is 32.0 Å². The number of nitrogens with zero attached hydrogens (tertiary/aromatic N) is 4. The molecule has 3 aromatic heterocycles. The summed E-state index contributed by atoms with van der Waals surface area (Å²) < 4.78 is 1.37. The van der Waals surface area contributed by atoms with Crippen molar-refractivity contribution in [1.82, 2.24) is 14.3 Å². The van der Waals surface area contributed by atoms with Crippen LogP contribution >= 0.6 is 11.6 Å². The fraction of sp³-hybridized carbons (Fsp3) is 0.273. The molecule has 1 saturated heterocycles. The Morgan fingerprint density at radius 3 is 2.67 bits per heavy atom.